The molecule has 1 aromatic rings. The van der Waals surface area contributed by atoms with E-state index in [4.69, 9.17) is 4.74 Å². The highest BCUT2D eigenvalue weighted by atomic mass is 19.1. The Kier molecular flexibility index (Phi) is 3.22. The minimum absolute atomic E-state index is 0.0527. The van der Waals surface area contributed by atoms with Crippen LogP contribution < -0.4 is 0 Å². The summed E-state index contributed by atoms with van der Waals surface area (Å²) in [4.78, 5) is 11.8. The smallest absolute Gasteiger partial charge is 0.338 e. The van der Waals surface area contributed by atoms with Gasteiger partial charge in [-0.2, -0.15) is 0 Å². The molecule has 1 aliphatic carbocycles. The van der Waals surface area contributed by atoms with Crippen molar-refractivity contribution in [1.82, 2.24) is 0 Å². The predicted molar refractivity (Wildman–Crippen MR) is 58.8 cm³/mol. The van der Waals surface area contributed by atoms with Gasteiger partial charge in [-0.25, -0.2) is 9.18 Å². The Labute approximate surface area is 94.4 Å². The molecule has 0 N–H and O–H groups in total. The van der Waals surface area contributed by atoms with Gasteiger partial charge in [0.1, 0.15) is 11.9 Å². The first-order valence-corrected chi connectivity index (χ1v) is 5.64. The van der Waals surface area contributed by atoms with Crippen molar-refractivity contribution in [1.29, 1.82) is 0 Å². The lowest BCUT2D eigenvalue weighted by atomic mass is 10.1. The van der Waals surface area contributed by atoms with E-state index >= 15 is 0 Å². The third-order valence-corrected chi connectivity index (χ3v) is 2.98. The van der Waals surface area contributed by atoms with Gasteiger partial charge in [-0.3, -0.25) is 0 Å². The fourth-order valence-electron chi connectivity index (χ4n) is 2.08. The molecular formula is C13H15FO2. The normalized spacial score (nSPS) is 16.4. The third kappa shape index (κ3) is 2.40. The molecule has 86 valence electrons. The molecule has 0 saturated heterocycles. The Morgan fingerprint density at radius 1 is 1.38 bits per heavy atom. The largest absolute Gasteiger partial charge is 0.459 e. The van der Waals surface area contributed by atoms with Crippen LogP contribution in [0.5, 0.6) is 0 Å². The van der Waals surface area contributed by atoms with Gasteiger partial charge in [0.15, 0.2) is 0 Å². The van der Waals surface area contributed by atoms with Crippen LogP contribution in [0.2, 0.25) is 0 Å². The number of hydrogen-bond acceptors (Lipinski definition) is 2. The van der Waals surface area contributed by atoms with Gasteiger partial charge in [-0.05, 0) is 56.4 Å². The Balaban J connectivity index is 2.08. The Hall–Kier alpha value is -1.38. The van der Waals surface area contributed by atoms with Crippen LogP contribution in [0.1, 0.15) is 41.6 Å². The van der Waals surface area contributed by atoms with Crippen molar-refractivity contribution >= 4 is 5.97 Å². The minimum Gasteiger partial charge on any atom is -0.459 e. The quantitative estimate of drug-likeness (QED) is 0.718. The summed E-state index contributed by atoms with van der Waals surface area (Å²) in [5.74, 6) is -0.653. The van der Waals surface area contributed by atoms with Crippen LogP contribution in [0.4, 0.5) is 4.39 Å². The van der Waals surface area contributed by atoms with E-state index in [9.17, 15) is 9.18 Å². The molecule has 0 amide bonds. The molecule has 3 heteroatoms. The average molecular weight is 222 g/mol. The molecule has 1 saturated carbocycles. The van der Waals surface area contributed by atoms with E-state index in [2.05, 4.69) is 0 Å². The molecule has 0 bridgehead atoms. The van der Waals surface area contributed by atoms with Crippen LogP contribution in [0, 0.1) is 12.7 Å². The van der Waals surface area contributed by atoms with Gasteiger partial charge >= 0.3 is 5.97 Å². The zero-order chi connectivity index (χ0) is 11.5. The Morgan fingerprint density at radius 3 is 2.69 bits per heavy atom. The van der Waals surface area contributed by atoms with Crippen molar-refractivity contribution in [3.8, 4) is 0 Å². The first-order chi connectivity index (χ1) is 7.66. The van der Waals surface area contributed by atoms with Crippen LogP contribution in [0.25, 0.3) is 0 Å². The highest BCUT2D eigenvalue weighted by Gasteiger charge is 2.20. The number of benzene rings is 1. The number of aryl methyl sites for hydroxylation is 1. The predicted octanol–water partition coefficient (Wildman–Crippen LogP) is 3.23. The molecular weight excluding hydrogens is 207 g/mol. The average Bonchev–Trinajstić information content (AvgIpc) is 2.70. The van der Waals surface area contributed by atoms with Gasteiger partial charge in [-0.15, -0.1) is 0 Å². The number of halogens is 1. The topological polar surface area (TPSA) is 26.3 Å². The maximum atomic E-state index is 12.9. The van der Waals surface area contributed by atoms with Crippen molar-refractivity contribution in [3.63, 3.8) is 0 Å². The summed E-state index contributed by atoms with van der Waals surface area (Å²) >= 11 is 0. The maximum absolute atomic E-state index is 12.9. The minimum atomic E-state index is -0.329. The van der Waals surface area contributed by atoms with E-state index in [0.29, 0.717) is 11.1 Å². The van der Waals surface area contributed by atoms with E-state index < -0.39 is 0 Å². The van der Waals surface area contributed by atoms with Crippen molar-refractivity contribution in [2.24, 2.45) is 0 Å². The molecule has 0 aliphatic heterocycles. The summed E-state index contributed by atoms with van der Waals surface area (Å²) in [7, 11) is 0. The first kappa shape index (κ1) is 11.1. The zero-order valence-corrected chi connectivity index (χ0v) is 9.33. The summed E-state index contributed by atoms with van der Waals surface area (Å²) in [5.41, 5.74) is 1.09. The fraction of sp³-hybridized carbons (Fsp3) is 0.462. The van der Waals surface area contributed by atoms with Crippen LogP contribution in [-0.4, -0.2) is 12.1 Å². The summed E-state index contributed by atoms with van der Waals surface area (Å²) < 4.78 is 18.2. The molecule has 0 aromatic heterocycles. The van der Waals surface area contributed by atoms with E-state index in [1.54, 1.807) is 6.92 Å². The molecule has 2 nitrogen and oxygen atoms in total. The lowest BCUT2D eigenvalue weighted by molar-refractivity contribution is 0.0317. The molecule has 2 rings (SSSR count). The second-order valence-electron chi connectivity index (χ2n) is 4.27. The first-order valence-electron chi connectivity index (χ1n) is 5.64. The van der Waals surface area contributed by atoms with Crippen molar-refractivity contribution in [3.05, 3.63) is 35.1 Å². The molecule has 16 heavy (non-hydrogen) atoms. The molecule has 1 fully saturated rings. The van der Waals surface area contributed by atoms with Crippen LogP contribution in [0.15, 0.2) is 18.2 Å². The second-order valence-corrected chi connectivity index (χ2v) is 4.27. The molecule has 1 aliphatic rings. The summed E-state index contributed by atoms with van der Waals surface area (Å²) in [6.45, 7) is 1.72. The highest BCUT2D eigenvalue weighted by Crippen LogP contribution is 2.22. The van der Waals surface area contributed by atoms with E-state index in [1.165, 1.54) is 18.2 Å². The number of rotatable bonds is 2. The second kappa shape index (κ2) is 4.64. The Bertz CT molecular complexity index is 395. The summed E-state index contributed by atoms with van der Waals surface area (Å²) in [5, 5.41) is 0. The van der Waals surface area contributed by atoms with Gasteiger partial charge < -0.3 is 4.74 Å². The van der Waals surface area contributed by atoms with Gasteiger partial charge in [0.25, 0.3) is 0 Å². The molecule has 0 radical (unpaired) electrons. The molecule has 1 aromatic carbocycles. The lowest BCUT2D eigenvalue weighted by Gasteiger charge is -2.12. The standard InChI is InChI=1S/C13H15FO2/c1-9-8-10(14)6-7-12(9)13(15)16-11-4-2-3-5-11/h6-8,11H,2-5H2,1H3. The summed E-state index contributed by atoms with van der Waals surface area (Å²) in [6.07, 6.45) is 4.20. The number of carbonyl (C=O) groups excluding carboxylic acids is 1. The zero-order valence-electron chi connectivity index (χ0n) is 9.33. The molecule has 0 spiro atoms. The molecule has 0 atom stereocenters. The fourth-order valence-corrected chi connectivity index (χ4v) is 2.08. The maximum Gasteiger partial charge on any atom is 0.338 e. The van der Waals surface area contributed by atoms with Gasteiger partial charge in [0.05, 0.1) is 5.56 Å². The third-order valence-electron chi connectivity index (χ3n) is 2.98. The van der Waals surface area contributed by atoms with E-state index in [0.717, 1.165) is 25.7 Å². The van der Waals surface area contributed by atoms with Crippen LogP contribution >= 0.6 is 0 Å². The van der Waals surface area contributed by atoms with Crippen molar-refractivity contribution < 1.29 is 13.9 Å². The van der Waals surface area contributed by atoms with Gasteiger partial charge in [0, 0.05) is 0 Å². The summed E-state index contributed by atoms with van der Waals surface area (Å²) in [6, 6.07) is 4.13. The van der Waals surface area contributed by atoms with Crippen LogP contribution in [-0.2, 0) is 4.74 Å². The van der Waals surface area contributed by atoms with Gasteiger partial charge in [0.2, 0.25) is 0 Å². The SMILES string of the molecule is Cc1cc(F)ccc1C(=O)OC1CCCC1. The monoisotopic (exact) mass is 222 g/mol. The number of hydrogen-bond donors (Lipinski definition) is 0. The highest BCUT2D eigenvalue weighted by molar-refractivity contribution is 5.91. The lowest BCUT2D eigenvalue weighted by Crippen LogP contribution is -2.15. The van der Waals surface area contributed by atoms with Crippen molar-refractivity contribution in [2.75, 3.05) is 0 Å². The van der Waals surface area contributed by atoms with Crippen molar-refractivity contribution in [2.45, 2.75) is 38.7 Å². The molecule has 0 unspecified atom stereocenters. The van der Waals surface area contributed by atoms with E-state index in [1.807, 2.05) is 0 Å². The van der Waals surface area contributed by atoms with E-state index in [-0.39, 0.29) is 17.9 Å². The number of ether oxygens (including phenoxy) is 1. The van der Waals surface area contributed by atoms with Gasteiger partial charge in [-0.1, -0.05) is 0 Å². The molecule has 0 heterocycles. The number of carbonyl (C=O) groups is 1. The Morgan fingerprint density at radius 2 is 2.06 bits per heavy atom. The van der Waals surface area contributed by atoms with Crippen LogP contribution in [0.3, 0.4) is 0 Å². The number of esters is 1.